The number of esters is 1. The molecule has 0 fully saturated rings. The molecular weight excluding hydrogens is 351 g/mol. The Labute approximate surface area is 153 Å². The zero-order chi connectivity index (χ0) is 19.2. The Balaban J connectivity index is 1.64. The molecule has 3 rings (SSSR count). The van der Waals surface area contributed by atoms with Crippen molar-refractivity contribution in [1.82, 2.24) is 0 Å². The van der Waals surface area contributed by atoms with Crippen LogP contribution in [0.2, 0.25) is 0 Å². The molecule has 0 unspecified atom stereocenters. The van der Waals surface area contributed by atoms with E-state index in [-0.39, 0.29) is 17.3 Å². The van der Waals surface area contributed by atoms with Crippen LogP contribution in [0.1, 0.15) is 15.9 Å². The molecule has 3 aromatic carbocycles. The van der Waals surface area contributed by atoms with Gasteiger partial charge in [0, 0.05) is 18.3 Å². The Kier molecular flexibility index (Phi) is 5.32. The van der Waals surface area contributed by atoms with E-state index in [1.54, 1.807) is 42.6 Å². The largest absolute Gasteiger partial charge is 0.423 e. The molecule has 0 spiro atoms. The van der Waals surface area contributed by atoms with Gasteiger partial charge in [-0.25, -0.2) is 9.18 Å². The smallest absolute Gasteiger partial charge is 0.343 e. The van der Waals surface area contributed by atoms with Gasteiger partial charge in [0.1, 0.15) is 11.6 Å². The molecule has 0 N–H and O–H groups in total. The van der Waals surface area contributed by atoms with Gasteiger partial charge in [0.25, 0.3) is 5.69 Å². The first-order valence-electron chi connectivity index (χ1n) is 7.87. The van der Waals surface area contributed by atoms with E-state index in [1.807, 2.05) is 0 Å². The quantitative estimate of drug-likeness (QED) is 0.216. The maximum Gasteiger partial charge on any atom is 0.343 e. The van der Waals surface area contributed by atoms with E-state index in [1.165, 1.54) is 36.4 Å². The van der Waals surface area contributed by atoms with Crippen molar-refractivity contribution in [1.29, 1.82) is 0 Å². The molecule has 6 nitrogen and oxygen atoms in total. The van der Waals surface area contributed by atoms with Crippen LogP contribution in [0.5, 0.6) is 5.75 Å². The summed E-state index contributed by atoms with van der Waals surface area (Å²) in [5.41, 5.74) is 1.61. The van der Waals surface area contributed by atoms with Crippen molar-refractivity contribution in [3.8, 4) is 5.75 Å². The van der Waals surface area contributed by atoms with Crippen LogP contribution in [0.15, 0.2) is 77.8 Å². The topological polar surface area (TPSA) is 81.8 Å². The highest BCUT2D eigenvalue weighted by Crippen LogP contribution is 2.19. The number of benzene rings is 3. The first kappa shape index (κ1) is 17.9. The van der Waals surface area contributed by atoms with Gasteiger partial charge < -0.3 is 4.74 Å². The van der Waals surface area contributed by atoms with Crippen molar-refractivity contribution < 1.29 is 18.8 Å². The number of carbonyl (C=O) groups excluding carboxylic acids is 1. The van der Waals surface area contributed by atoms with Crippen molar-refractivity contribution in [3.05, 3.63) is 99.9 Å². The first-order valence-corrected chi connectivity index (χ1v) is 7.87. The maximum absolute atomic E-state index is 12.9. The van der Waals surface area contributed by atoms with E-state index in [0.717, 1.165) is 5.56 Å². The molecule has 0 amide bonds. The summed E-state index contributed by atoms with van der Waals surface area (Å²) < 4.78 is 18.0. The third-order valence-corrected chi connectivity index (χ3v) is 3.59. The molecule has 7 heteroatoms. The Hall–Kier alpha value is -3.87. The minimum absolute atomic E-state index is 0.0837. The van der Waals surface area contributed by atoms with Crippen LogP contribution in [-0.2, 0) is 0 Å². The van der Waals surface area contributed by atoms with E-state index < -0.39 is 10.9 Å². The molecule has 0 bridgehead atoms. The number of hydrogen-bond acceptors (Lipinski definition) is 5. The molecule has 3 aromatic rings. The molecule has 0 saturated carbocycles. The van der Waals surface area contributed by atoms with Crippen molar-refractivity contribution in [3.63, 3.8) is 0 Å². The molecule has 0 aromatic heterocycles. The summed E-state index contributed by atoms with van der Waals surface area (Å²) in [5, 5.41) is 10.6. The summed E-state index contributed by atoms with van der Waals surface area (Å²) in [4.78, 5) is 26.4. The number of nitro benzene ring substituents is 1. The van der Waals surface area contributed by atoms with E-state index in [4.69, 9.17) is 4.74 Å². The molecule has 0 aliphatic carbocycles. The van der Waals surface area contributed by atoms with Gasteiger partial charge in [-0.15, -0.1) is 0 Å². The minimum Gasteiger partial charge on any atom is -0.423 e. The highest BCUT2D eigenvalue weighted by atomic mass is 19.1. The number of carbonyl (C=O) groups is 1. The number of nitrogens with zero attached hydrogens (tertiary/aromatic N) is 2. The third-order valence-electron chi connectivity index (χ3n) is 3.59. The van der Waals surface area contributed by atoms with E-state index in [0.29, 0.717) is 11.3 Å². The van der Waals surface area contributed by atoms with E-state index >= 15 is 0 Å². The van der Waals surface area contributed by atoms with E-state index in [2.05, 4.69) is 4.99 Å². The lowest BCUT2D eigenvalue weighted by Crippen LogP contribution is -2.08. The van der Waals surface area contributed by atoms with Crippen LogP contribution in [-0.4, -0.2) is 17.1 Å². The summed E-state index contributed by atoms with van der Waals surface area (Å²) >= 11 is 0. The second-order valence-corrected chi connectivity index (χ2v) is 5.50. The van der Waals surface area contributed by atoms with Crippen LogP contribution < -0.4 is 4.74 Å². The van der Waals surface area contributed by atoms with Gasteiger partial charge in [-0.3, -0.25) is 15.1 Å². The lowest BCUT2D eigenvalue weighted by molar-refractivity contribution is -0.384. The predicted molar refractivity (Wildman–Crippen MR) is 98.2 cm³/mol. The summed E-state index contributed by atoms with van der Waals surface area (Å²) in [7, 11) is 0. The van der Waals surface area contributed by atoms with Crippen molar-refractivity contribution in [2.24, 2.45) is 4.99 Å². The molecule has 0 saturated heterocycles. The number of halogens is 1. The van der Waals surface area contributed by atoms with Gasteiger partial charge in [-0.1, -0.05) is 12.1 Å². The molecule has 0 atom stereocenters. The zero-order valence-electron chi connectivity index (χ0n) is 13.9. The monoisotopic (exact) mass is 364 g/mol. The fourth-order valence-corrected chi connectivity index (χ4v) is 2.18. The Bertz CT molecular complexity index is 982. The highest BCUT2D eigenvalue weighted by Gasteiger charge is 2.10. The predicted octanol–water partition coefficient (Wildman–Crippen LogP) is 4.70. The van der Waals surface area contributed by atoms with Gasteiger partial charge >= 0.3 is 5.97 Å². The lowest BCUT2D eigenvalue weighted by atomic mass is 10.1. The molecule has 134 valence electrons. The maximum atomic E-state index is 12.9. The van der Waals surface area contributed by atoms with E-state index in [9.17, 15) is 19.3 Å². The average molecular weight is 364 g/mol. The summed E-state index contributed by atoms with van der Waals surface area (Å²) in [6.45, 7) is 0. The highest BCUT2D eigenvalue weighted by molar-refractivity contribution is 5.92. The van der Waals surface area contributed by atoms with Gasteiger partial charge in [-0.2, -0.15) is 0 Å². The van der Waals surface area contributed by atoms with Crippen molar-refractivity contribution in [2.45, 2.75) is 0 Å². The summed E-state index contributed by atoms with van der Waals surface area (Å²) in [5.74, 6) is -0.691. The third kappa shape index (κ3) is 4.82. The standard InChI is InChI=1S/C20H13FN2O4/c21-16-5-7-17(8-6-16)22-13-14-1-3-15(4-2-14)20(24)27-19-11-9-18(10-12-19)23(25)26/h1-13H. The lowest BCUT2D eigenvalue weighted by Gasteiger charge is -2.04. The summed E-state index contributed by atoms with van der Waals surface area (Å²) in [6, 6.07) is 17.6. The molecule has 0 radical (unpaired) electrons. The van der Waals surface area contributed by atoms with Gasteiger partial charge in [-0.05, 0) is 54.1 Å². The van der Waals surface area contributed by atoms with Crippen LogP contribution >= 0.6 is 0 Å². The van der Waals surface area contributed by atoms with Crippen LogP contribution in [0.4, 0.5) is 15.8 Å². The fourth-order valence-electron chi connectivity index (χ4n) is 2.18. The molecule has 0 aliphatic rings. The van der Waals surface area contributed by atoms with Gasteiger partial charge in [0.2, 0.25) is 0 Å². The number of nitro groups is 1. The number of aliphatic imine (C=N–C) groups is 1. The average Bonchev–Trinajstić information content (AvgIpc) is 2.68. The second-order valence-electron chi connectivity index (χ2n) is 5.50. The molecule has 27 heavy (non-hydrogen) atoms. The summed E-state index contributed by atoms with van der Waals surface area (Å²) in [6.07, 6.45) is 1.60. The van der Waals surface area contributed by atoms with Crippen LogP contribution in [0.3, 0.4) is 0 Å². The second kappa shape index (κ2) is 8.01. The Morgan fingerprint density at radius 1 is 0.963 bits per heavy atom. The normalized spacial score (nSPS) is 10.7. The minimum atomic E-state index is -0.578. The molecule has 0 heterocycles. The van der Waals surface area contributed by atoms with Crippen molar-refractivity contribution >= 4 is 23.6 Å². The zero-order valence-corrected chi connectivity index (χ0v) is 13.9. The molecule has 0 aliphatic heterocycles. The number of rotatable bonds is 5. The first-order chi connectivity index (χ1) is 13.0. The Morgan fingerprint density at radius 3 is 2.19 bits per heavy atom. The molecular formula is C20H13FN2O4. The number of ether oxygens (including phenoxy) is 1. The number of non-ortho nitro benzene ring substituents is 1. The Morgan fingerprint density at radius 2 is 1.59 bits per heavy atom. The van der Waals surface area contributed by atoms with Gasteiger partial charge in [0.15, 0.2) is 0 Å². The van der Waals surface area contributed by atoms with Crippen molar-refractivity contribution in [2.75, 3.05) is 0 Å². The van der Waals surface area contributed by atoms with Crippen LogP contribution in [0.25, 0.3) is 0 Å². The fraction of sp³-hybridized carbons (Fsp3) is 0. The number of hydrogen-bond donors (Lipinski definition) is 0. The van der Waals surface area contributed by atoms with Crippen LogP contribution in [0, 0.1) is 15.9 Å². The van der Waals surface area contributed by atoms with Gasteiger partial charge in [0.05, 0.1) is 16.2 Å². The SMILES string of the molecule is O=C(Oc1ccc([N+](=O)[O-])cc1)c1ccc(C=Nc2ccc(F)cc2)cc1.